The van der Waals surface area contributed by atoms with Crippen LogP contribution in [-0.4, -0.2) is 28.4 Å². The maximum Gasteiger partial charge on any atom is 0.332 e. The Labute approximate surface area is 123 Å². The highest BCUT2D eigenvalue weighted by Crippen LogP contribution is 2.25. The van der Waals surface area contributed by atoms with Gasteiger partial charge in [-0.2, -0.15) is 0 Å². The van der Waals surface area contributed by atoms with Crippen LogP contribution in [0.4, 0.5) is 11.5 Å². The largest absolute Gasteiger partial charge is 0.383 e. The van der Waals surface area contributed by atoms with Crippen molar-refractivity contribution >= 4 is 11.5 Å². The van der Waals surface area contributed by atoms with Gasteiger partial charge in [0.1, 0.15) is 11.5 Å². The van der Waals surface area contributed by atoms with Crippen LogP contribution in [0.25, 0.3) is 0 Å². The standard InChI is InChI=1S/C14H24N4O3/c1-4-8-18-12(15)11(13(19)17(2)14(18)20)16-9-6-5-7-10(9)21-3/h9-10,16H,4-8,15H2,1-3H3. The van der Waals surface area contributed by atoms with Gasteiger partial charge in [0.2, 0.25) is 0 Å². The van der Waals surface area contributed by atoms with E-state index in [4.69, 9.17) is 10.5 Å². The lowest BCUT2D eigenvalue weighted by atomic mass is 10.2. The van der Waals surface area contributed by atoms with Gasteiger partial charge in [-0.05, 0) is 25.7 Å². The minimum absolute atomic E-state index is 0.0533. The predicted octanol–water partition coefficient (Wildman–Crippen LogP) is 0.519. The van der Waals surface area contributed by atoms with E-state index in [1.54, 1.807) is 7.11 Å². The Morgan fingerprint density at radius 2 is 2.10 bits per heavy atom. The van der Waals surface area contributed by atoms with E-state index in [2.05, 4.69) is 5.32 Å². The number of nitrogens with two attached hydrogens (primary N) is 1. The second kappa shape index (κ2) is 6.34. The van der Waals surface area contributed by atoms with Crippen LogP contribution in [0.1, 0.15) is 32.6 Å². The van der Waals surface area contributed by atoms with Crippen molar-refractivity contribution in [2.45, 2.75) is 51.3 Å². The van der Waals surface area contributed by atoms with Crippen molar-refractivity contribution in [1.82, 2.24) is 9.13 Å². The Morgan fingerprint density at radius 3 is 2.71 bits per heavy atom. The SMILES string of the molecule is CCCn1c(N)c(NC2CCCC2OC)c(=O)n(C)c1=O. The molecule has 3 N–H and O–H groups in total. The normalized spacial score (nSPS) is 21.7. The molecular weight excluding hydrogens is 272 g/mol. The molecule has 7 heteroatoms. The van der Waals surface area contributed by atoms with Gasteiger partial charge in [0.15, 0.2) is 0 Å². The number of methoxy groups -OCH3 is 1. The average molecular weight is 296 g/mol. The summed E-state index contributed by atoms with van der Waals surface area (Å²) in [6, 6.07) is 0.0533. The third-order valence-corrected chi connectivity index (χ3v) is 4.12. The smallest absolute Gasteiger partial charge is 0.332 e. The van der Waals surface area contributed by atoms with E-state index in [9.17, 15) is 9.59 Å². The van der Waals surface area contributed by atoms with Crippen molar-refractivity contribution in [3.63, 3.8) is 0 Å². The van der Waals surface area contributed by atoms with E-state index in [0.29, 0.717) is 12.2 Å². The predicted molar refractivity (Wildman–Crippen MR) is 82.7 cm³/mol. The fourth-order valence-electron chi connectivity index (χ4n) is 2.92. The van der Waals surface area contributed by atoms with Gasteiger partial charge in [0.25, 0.3) is 5.56 Å². The first kappa shape index (κ1) is 15.6. The number of hydrogen-bond acceptors (Lipinski definition) is 5. The molecule has 1 aliphatic carbocycles. The van der Waals surface area contributed by atoms with Crippen molar-refractivity contribution in [1.29, 1.82) is 0 Å². The maximum atomic E-state index is 12.3. The summed E-state index contributed by atoms with van der Waals surface area (Å²) in [6.07, 6.45) is 3.77. The molecule has 0 saturated heterocycles. The Morgan fingerprint density at radius 1 is 1.38 bits per heavy atom. The van der Waals surface area contributed by atoms with Crippen LogP contribution in [0.2, 0.25) is 0 Å². The molecule has 7 nitrogen and oxygen atoms in total. The van der Waals surface area contributed by atoms with E-state index in [0.717, 1.165) is 30.3 Å². The quantitative estimate of drug-likeness (QED) is 0.826. The van der Waals surface area contributed by atoms with Crippen LogP contribution in [0.3, 0.4) is 0 Å². The summed E-state index contributed by atoms with van der Waals surface area (Å²) in [7, 11) is 3.15. The number of ether oxygens (including phenoxy) is 1. The van der Waals surface area contributed by atoms with Crippen molar-refractivity contribution in [2.24, 2.45) is 7.05 Å². The molecule has 2 atom stereocenters. The molecule has 1 fully saturated rings. The zero-order valence-electron chi connectivity index (χ0n) is 12.9. The molecule has 2 unspecified atom stereocenters. The molecule has 21 heavy (non-hydrogen) atoms. The van der Waals surface area contributed by atoms with Gasteiger partial charge in [-0.1, -0.05) is 6.92 Å². The van der Waals surface area contributed by atoms with Gasteiger partial charge in [-0.3, -0.25) is 13.9 Å². The highest BCUT2D eigenvalue weighted by Gasteiger charge is 2.29. The summed E-state index contributed by atoms with van der Waals surface area (Å²) in [5.74, 6) is 0.215. The minimum atomic E-state index is -0.383. The van der Waals surface area contributed by atoms with Crippen molar-refractivity contribution in [2.75, 3.05) is 18.2 Å². The minimum Gasteiger partial charge on any atom is -0.383 e. The molecule has 1 aliphatic rings. The molecule has 1 aromatic heterocycles. The lowest BCUT2D eigenvalue weighted by molar-refractivity contribution is 0.101. The Bertz CT molecular complexity index is 620. The fourth-order valence-corrected chi connectivity index (χ4v) is 2.92. The van der Waals surface area contributed by atoms with Crippen LogP contribution in [0.5, 0.6) is 0 Å². The average Bonchev–Trinajstić information content (AvgIpc) is 2.93. The number of nitrogens with one attached hydrogen (secondary N) is 1. The van der Waals surface area contributed by atoms with Gasteiger partial charge in [-0.15, -0.1) is 0 Å². The van der Waals surface area contributed by atoms with Crippen molar-refractivity contribution in [3.05, 3.63) is 20.8 Å². The van der Waals surface area contributed by atoms with Crippen molar-refractivity contribution in [3.8, 4) is 0 Å². The van der Waals surface area contributed by atoms with Crippen LogP contribution in [0.15, 0.2) is 9.59 Å². The highest BCUT2D eigenvalue weighted by molar-refractivity contribution is 5.61. The first-order valence-corrected chi connectivity index (χ1v) is 7.39. The number of anilines is 2. The summed E-state index contributed by atoms with van der Waals surface area (Å²) in [4.78, 5) is 24.4. The van der Waals surface area contributed by atoms with E-state index in [1.165, 1.54) is 11.6 Å². The molecule has 1 aromatic rings. The van der Waals surface area contributed by atoms with Gasteiger partial charge in [0.05, 0.1) is 12.1 Å². The molecule has 2 rings (SSSR count). The number of hydrogen-bond donors (Lipinski definition) is 2. The van der Waals surface area contributed by atoms with Crippen LogP contribution < -0.4 is 22.3 Å². The number of nitrogen functional groups attached to an aromatic ring is 1. The Kier molecular flexibility index (Phi) is 4.72. The zero-order chi connectivity index (χ0) is 15.6. The summed E-state index contributed by atoms with van der Waals surface area (Å²) < 4.78 is 7.97. The van der Waals surface area contributed by atoms with E-state index >= 15 is 0 Å². The molecule has 0 bridgehead atoms. The Hall–Kier alpha value is -1.76. The van der Waals surface area contributed by atoms with E-state index in [1.807, 2.05) is 6.92 Å². The Balaban J connectivity index is 2.43. The molecule has 0 aliphatic heterocycles. The number of aromatic nitrogens is 2. The molecular formula is C14H24N4O3. The maximum absolute atomic E-state index is 12.3. The number of nitrogens with zero attached hydrogens (tertiary/aromatic N) is 2. The second-order valence-electron chi connectivity index (χ2n) is 5.51. The van der Waals surface area contributed by atoms with Gasteiger partial charge >= 0.3 is 5.69 Å². The third kappa shape index (κ3) is 2.83. The first-order chi connectivity index (χ1) is 10.0. The summed E-state index contributed by atoms with van der Waals surface area (Å²) in [5, 5.41) is 3.20. The molecule has 0 amide bonds. The van der Waals surface area contributed by atoms with Crippen molar-refractivity contribution < 1.29 is 4.74 Å². The monoisotopic (exact) mass is 296 g/mol. The van der Waals surface area contributed by atoms with Crippen LogP contribution >= 0.6 is 0 Å². The molecule has 1 saturated carbocycles. The molecule has 118 valence electrons. The molecule has 0 spiro atoms. The molecule has 0 aromatic carbocycles. The van der Waals surface area contributed by atoms with Gasteiger partial charge in [-0.25, -0.2) is 4.79 Å². The second-order valence-corrected chi connectivity index (χ2v) is 5.51. The summed E-state index contributed by atoms with van der Waals surface area (Å²) >= 11 is 0. The fraction of sp³-hybridized carbons (Fsp3) is 0.714. The molecule has 0 radical (unpaired) electrons. The lowest BCUT2D eigenvalue weighted by Crippen LogP contribution is -2.42. The zero-order valence-corrected chi connectivity index (χ0v) is 12.9. The van der Waals surface area contributed by atoms with E-state index in [-0.39, 0.29) is 29.2 Å². The van der Waals surface area contributed by atoms with Gasteiger partial charge < -0.3 is 15.8 Å². The highest BCUT2D eigenvalue weighted by atomic mass is 16.5. The van der Waals surface area contributed by atoms with E-state index < -0.39 is 0 Å². The number of rotatable bonds is 5. The topological polar surface area (TPSA) is 91.3 Å². The summed E-state index contributed by atoms with van der Waals surface area (Å²) in [6.45, 7) is 2.45. The molecule has 1 heterocycles. The summed E-state index contributed by atoms with van der Waals surface area (Å²) in [5.41, 5.74) is 5.60. The third-order valence-electron chi connectivity index (χ3n) is 4.12. The lowest BCUT2D eigenvalue weighted by Gasteiger charge is -2.22. The first-order valence-electron chi connectivity index (χ1n) is 7.39. The van der Waals surface area contributed by atoms with Gasteiger partial charge in [0, 0.05) is 20.7 Å². The van der Waals surface area contributed by atoms with Crippen LogP contribution in [-0.2, 0) is 18.3 Å². The van der Waals surface area contributed by atoms with Crippen LogP contribution in [0, 0.1) is 0 Å².